The molecule has 0 aromatic heterocycles. The van der Waals surface area contributed by atoms with E-state index in [0.29, 0.717) is 29.4 Å². The summed E-state index contributed by atoms with van der Waals surface area (Å²) in [6.45, 7) is 2.60. The summed E-state index contributed by atoms with van der Waals surface area (Å²) in [5.74, 6) is 1.72. The number of nitrogens with one attached hydrogen (secondary N) is 1. The number of amides is 1. The average molecular weight is 326 g/mol. The lowest BCUT2D eigenvalue weighted by Crippen LogP contribution is -2.19. The van der Waals surface area contributed by atoms with Crippen LogP contribution in [0.5, 0.6) is 17.2 Å². The van der Waals surface area contributed by atoms with Crippen molar-refractivity contribution in [3.05, 3.63) is 53.6 Å². The van der Waals surface area contributed by atoms with Crippen LogP contribution in [0.3, 0.4) is 0 Å². The van der Waals surface area contributed by atoms with Crippen LogP contribution in [0.25, 0.3) is 0 Å². The number of nitrogens with zero attached hydrogens (tertiary/aromatic N) is 1. The van der Waals surface area contributed by atoms with Gasteiger partial charge in [0.25, 0.3) is 0 Å². The van der Waals surface area contributed by atoms with Gasteiger partial charge in [0.15, 0.2) is 11.5 Å². The van der Waals surface area contributed by atoms with Crippen LogP contribution >= 0.6 is 0 Å². The molecule has 6 nitrogen and oxygen atoms in total. The average Bonchev–Trinajstić information content (AvgIpc) is 3.03. The molecule has 2 aromatic carbocycles. The quantitative estimate of drug-likeness (QED) is 0.654. The molecule has 1 amide bonds. The molecule has 0 spiro atoms. The predicted octanol–water partition coefficient (Wildman–Crippen LogP) is 2.51. The van der Waals surface area contributed by atoms with E-state index in [9.17, 15) is 4.79 Å². The van der Waals surface area contributed by atoms with Gasteiger partial charge in [-0.1, -0.05) is 30.3 Å². The zero-order chi connectivity index (χ0) is 16.8. The summed E-state index contributed by atoms with van der Waals surface area (Å²) >= 11 is 0. The second-order valence-corrected chi connectivity index (χ2v) is 5.13. The highest BCUT2D eigenvalue weighted by atomic mass is 16.7. The van der Waals surface area contributed by atoms with Gasteiger partial charge in [0.05, 0.1) is 19.2 Å². The highest BCUT2D eigenvalue weighted by Gasteiger charge is 2.17. The van der Waals surface area contributed by atoms with Gasteiger partial charge in [0.1, 0.15) is 5.75 Å². The lowest BCUT2D eigenvalue weighted by atomic mass is 10.1. The van der Waals surface area contributed by atoms with E-state index < -0.39 is 0 Å². The monoisotopic (exact) mass is 326 g/mol. The van der Waals surface area contributed by atoms with Gasteiger partial charge in [-0.25, -0.2) is 5.43 Å². The Morgan fingerprint density at radius 3 is 2.75 bits per heavy atom. The van der Waals surface area contributed by atoms with Crippen LogP contribution in [0.2, 0.25) is 0 Å². The smallest absolute Gasteiger partial charge is 0.244 e. The van der Waals surface area contributed by atoms with Gasteiger partial charge in [-0.2, -0.15) is 5.10 Å². The largest absolute Gasteiger partial charge is 0.493 e. The molecule has 0 aliphatic carbocycles. The summed E-state index contributed by atoms with van der Waals surface area (Å²) in [6.07, 6.45) is 1.81. The number of fused-ring (bicyclic) bond motifs is 1. The lowest BCUT2D eigenvalue weighted by Gasteiger charge is -2.08. The Bertz CT molecular complexity index is 744. The van der Waals surface area contributed by atoms with Crippen molar-refractivity contribution in [3.63, 3.8) is 0 Å². The van der Waals surface area contributed by atoms with Crippen LogP contribution < -0.4 is 19.6 Å². The standard InChI is InChI=1S/C18H18N2O4/c1-2-22-15-10-17-16(23-12-24-17)9-14(15)11-19-20-18(21)8-13-6-4-3-5-7-13/h3-7,9-11H,2,8,12H2,1H3,(H,20,21)/b19-11+. The fourth-order valence-corrected chi connectivity index (χ4v) is 2.32. The first-order valence-corrected chi connectivity index (χ1v) is 7.68. The predicted molar refractivity (Wildman–Crippen MR) is 89.6 cm³/mol. The van der Waals surface area contributed by atoms with Crippen LogP contribution in [0.4, 0.5) is 0 Å². The van der Waals surface area contributed by atoms with Crippen molar-refractivity contribution in [3.8, 4) is 17.2 Å². The molecule has 1 aliphatic rings. The summed E-state index contributed by atoms with van der Waals surface area (Å²) in [6, 6.07) is 13.0. The number of carbonyl (C=O) groups excluding carboxylic acids is 1. The van der Waals surface area contributed by atoms with Gasteiger partial charge in [-0.05, 0) is 18.6 Å². The van der Waals surface area contributed by atoms with E-state index in [1.807, 2.05) is 37.3 Å². The van der Waals surface area contributed by atoms with E-state index in [4.69, 9.17) is 14.2 Å². The fraction of sp³-hybridized carbons (Fsp3) is 0.222. The van der Waals surface area contributed by atoms with Crippen LogP contribution in [-0.2, 0) is 11.2 Å². The van der Waals surface area contributed by atoms with Gasteiger partial charge in [-0.15, -0.1) is 0 Å². The van der Waals surface area contributed by atoms with Gasteiger partial charge >= 0.3 is 0 Å². The van der Waals surface area contributed by atoms with Crippen molar-refractivity contribution in [2.75, 3.05) is 13.4 Å². The number of hydrogen-bond donors (Lipinski definition) is 1. The second-order valence-electron chi connectivity index (χ2n) is 5.13. The van der Waals surface area contributed by atoms with Crippen molar-refractivity contribution in [1.82, 2.24) is 5.43 Å². The normalized spacial score (nSPS) is 12.4. The van der Waals surface area contributed by atoms with Crippen LogP contribution in [0.1, 0.15) is 18.1 Å². The highest BCUT2D eigenvalue weighted by Crippen LogP contribution is 2.37. The molecule has 3 rings (SSSR count). The van der Waals surface area contributed by atoms with Gasteiger partial charge in [-0.3, -0.25) is 4.79 Å². The number of rotatable bonds is 6. The number of benzene rings is 2. The SMILES string of the molecule is CCOc1cc2c(cc1/C=N/NC(=O)Cc1ccccc1)OCO2. The van der Waals surface area contributed by atoms with E-state index in [2.05, 4.69) is 10.5 Å². The van der Waals surface area contributed by atoms with Crippen LogP contribution in [0, 0.1) is 0 Å². The minimum absolute atomic E-state index is 0.184. The minimum atomic E-state index is -0.184. The van der Waals surface area contributed by atoms with E-state index in [1.54, 1.807) is 12.1 Å². The van der Waals surface area contributed by atoms with Crippen molar-refractivity contribution >= 4 is 12.1 Å². The molecule has 124 valence electrons. The zero-order valence-electron chi connectivity index (χ0n) is 13.3. The second kappa shape index (κ2) is 7.50. The first-order valence-electron chi connectivity index (χ1n) is 7.68. The third-order valence-electron chi connectivity index (χ3n) is 3.41. The summed E-state index contributed by atoms with van der Waals surface area (Å²) in [4.78, 5) is 11.9. The summed E-state index contributed by atoms with van der Waals surface area (Å²) in [7, 11) is 0. The molecule has 0 unspecified atom stereocenters. The molecule has 0 bridgehead atoms. The Hall–Kier alpha value is -3.02. The molecule has 0 saturated heterocycles. The lowest BCUT2D eigenvalue weighted by molar-refractivity contribution is -0.120. The number of ether oxygens (including phenoxy) is 3. The molecule has 2 aromatic rings. The molecule has 24 heavy (non-hydrogen) atoms. The topological polar surface area (TPSA) is 69.2 Å². The Kier molecular flexibility index (Phi) is 4.96. The maximum absolute atomic E-state index is 11.9. The van der Waals surface area contributed by atoms with Crippen molar-refractivity contribution in [2.24, 2.45) is 5.10 Å². The Labute approximate surface area is 140 Å². The maximum atomic E-state index is 11.9. The van der Waals surface area contributed by atoms with Crippen molar-refractivity contribution in [1.29, 1.82) is 0 Å². The Morgan fingerprint density at radius 2 is 2.00 bits per heavy atom. The summed E-state index contributed by atoms with van der Waals surface area (Å²) < 4.78 is 16.3. The van der Waals surface area contributed by atoms with E-state index >= 15 is 0 Å². The molecular formula is C18H18N2O4. The molecule has 1 aliphatic heterocycles. The first-order chi connectivity index (χ1) is 11.8. The van der Waals surface area contributed by atoms with Crippen LogP contribution in [0.15, 0.2) is 47.6 Å². The fourth-order valence-electron chi connectivity index (χ4n) is 2.32. The number of hydrogen-bond acceptors (Lipinski definition) is 5. The molecule has 0 atom stereocenters. The maximum Gasteiger partial charge on any atom is 0.244 e. The van der Waals surface area contributed by atoms with E-state index in [0.717, 1.165) is 5.56 Å². The Morgan fingerprint density at radius 1 is 1.25 bits per heavy atom. The van der Waals surface area contributed by atoms with E-state index in [-0.39, 0.29) is 19.1 Å². The third-order valence-corrected chi connectivity index (χ3v) is 3.41. The molecule has 0 radical (unpaired) electrons. The highest BCUT2D eigenvalue weighted by molar-refractivity contribution is 5.87. The van der Waals surface area contributed by atoms with Crippen LogP contribution in [-0.4, -0.2) is 25.5 Å². The molecule has 1 heterocycles. The molecule has 0 fully saturated rings. The third kappa shape index (κ3) is 3.84. The van der Waals surface area contributed by atoms with Crippen molar-refractivity contribution < 1.29 is 19.0 Å². The molecule has 0 saturated carbocycles. The first kappa shape index (κ1) is 15.9. The zero-order valence-corrected chi connectivity index (χ0v) is 13.3. The molecule has 1 N–H and O–H groups in total. The molecule has 6 heteroatoms. The molecular weight excluding hydrogens is 308 g/mol. The Balaban J connectivity index is 1.66. The van der Waals surface area contributed by atoms with E-state index in [1.165, 1.54) is 6.21 Å². The summed E-state index contributed by atoms with van der Waals surface area (Å²) in [5, 5.41) is 4.01. The minimum Gasteiger partial charge on any atom is -0.493 e. The number of carbonyl (C=O) groups is 1. The van der Waals surface area contributed by atoms with Gasteiger partial charge < -0.3 is 14.2 Å². The van der Waals surface area contributed by atoms with Crippen molar-refractivity contribution in [2.45, 2.75) is 13.3 Å². The summed E-state index contributed by atoms with van der Waals surface area (Å²) in [5.41, 5.74) is 4.16. The van der Waals surface area contributed by atoms with Gasteiger partial charge in [0.2, 0.25) is 12.7 Å². The number of hydrazone groups is 1. The van der Waals surface area contributed by atoms with Gasteiger partial charge in [0, 0.05) is 11.6 Å².